The second kappa shape index (κ2) is 5.41. The lowest BCUT2D eigenvalue weighted by atomic mass is 10.2. The largest absolute Gasteiger partial charge is 0.439 e. The summed E-state index contributed by atoms with van der Waals surface area (Å²) in [5, 5.41) is 21.4. The third kappa shape index (κ3) is 3.21. The van der Waals surface area contributed by atoms with E-state index in [4.69, 9.17) is 10.5 Å². The summed E-state index contributed by atoms with van der Waals surface area (Å²) in [5.41, 5.74) is 5.56. The minimum atomic E-state index is -0.619. The van der Waals surface area contributed by atoms with Crippen LogP contribution in [0.3, 0.4) is 0 Å². The van der Waals surface area contributed by atoms with Crippen LogP contribution >= 0.6 is 0 Å². The molecule has 108 valence electrons. The van der Waals surface area contributed by atoms with Crippen LogP contribution in [0, 0.1) is 27.2 Å². The van der Waals surface area contributed by atoms with Gasteiger partial charge in [0.15, 0.2) is 0 Å². The summed E-state index contributed by atoms with van der Waals surface area (Å²) >= 11 is 0. The third-order valence-electron chi connectivity index (χ3n) is 2.60. The van der Waals surface area contributed by atoms with Gasteiger partial charge in [0.1, 0.15) is 11.6 Å². The predicted octanol–water partition coefficient (Wildman–Crippen LogP) is 2.58. The first-order chi connectivity index (χ1) is 9.86. The van der Waals surface area contributed by atoms with Gasteiger partial charge < -0.3 is 10.5 Å². The van der Waals surface area contributed by atoms with Crippen molar-refractivity contribution < 1.29 is 14.6 Å². The SMILES string of the molecule is Cc1cc(Oc2cc([N+](=O)[O-])cc(N)n2)ccc1[N+](=O)[O-]. The highest BCUT2D eigenvalue weighted by Crippen LogP contribution is 2.28. The third-order valence-corrected chi connectivity index (χ3v) is 2.60. The summed E-state index contributed by atoms with van der Waals surface area (Å²) in [5.74, 6) is 0.151. The molecule has 1 aromatic carbocycles. The van der Waals surface area contributed by atoms with Crippen molar-refractivity contribution in [1.82, 2.24) is 4.98 Å². The standard InChI is InChI=1S/C12H10N4O5/c1-7-4-9(2-3-10(7)16(19)20)21-12-6-8(15(17)18)5-11(13)14-12/h2-6H,1H3,(H2,13,14). The van der Waals surface area contributed by atoms with E-state index in [1.807, 2.05) is 0 Å². The fourth-order valence-electron chi connectivity index (χ4n) is 1.69. The van der Waals surface area contributed by atoms with Crippen molar-refractivity contribution >= 4 is 17.2 Å². The number of hydrogen-bond acceptors (Lipinski definition) is 7. The highest BCUT2D eigenvalue weighted by molar-refractivity contribution is 5.48. The number of pyridine rings is 1. The molecule has 0 bridgehead atoms. The van der Waals surface area contributed by atoms with Crippen LogP contribution in [0.4, 0.5) is 17.2 Å². The molecule has 0 aliphatic carbocycles. The first-order valence-electron chi connectivity index (χ1n) is 5.71. The topological polar surface area (TPSA) is 134 Å². The molecule has 1 aromatic heterocycles. The predicted molar refractivity (Wildman–Crippen MR) is 73.2 cm³/mol. The van der Waals surface area contributed by atoms with Crippen molar-refractivity contribution in [2.45, 2.75) is 6.92 Å². The molecule has 0 fully saturated rings. The van der Waals surface area contributed by atoms with Crippen molar-refractivity contribution in [2.75, 3.05) is 5.73 Å². The van der Waals surface area contributed by atoms with Crippen LogP contribution in [0.1, 0.15) is 5.56 Å². The van der Waals surface area contributed by atoms with Gasteiger partial charge in [-0.05, 0) is 19.1 Å². The van der Waals surface area contributed by atoms with Crippen molar-refractivity contribution in [3.63, 3.8) is 0 Å². The fourth-order valence-corrected chi connectivity index (χ4v) is 1.69. The van der Waals surface area contributed by atoms with Gasteiger partial charge in [0, 0.05) is 11.6 Å². The van der Waals surface area contributed by atoms with Gasteiger partial charge in [-0.2, -0.15) is 4.98 Å². The van der Waals surface area contributed by atoms with Crippen molar-refractivity contribution in [3.05, 3.63) is 56.1 Å². The Balaban J connectivity index is 2.32. The number of benzene rings is 1. The molecule has 9 heteroatoms. The van der Waals surface area contributed by atoms with Crippen molar-refractivity contribution in [1.29, 1.82) is 0 Å². The molecule has 0 spiro atoms. The molecule has 0 saturated carbocycles. The summed E-state index contributed by atoms with van der Waals surface area (Å²) in [4.78, 5) is 24.1. The molecule has 0 aliphatic rings. The Morgan fingerprint density at radius 2 is 1.86 bits per heavy atom. The van der Waals surface area contributed by atoms with Crippen LogP contribution in [-0.2, 0) is 0 Å². The van der Waals surface area contributed by atoms with Gasteiger partial charge in [0.05, 0.1) is 22.0 Å². The number of aromatic nitrogens is 1. The lowest BCUT2D eigenvalue weighted by Crippen LogP contribution is -1.98. The number of rotatable bonds is 4. The van der Waals surface area contributed by atoms with E-state index in [0.29, 0.717) is 5.56 Å². The zero-order valence-corrected chi connectivity index (χ0v) is 10.8. The minimum absolute atomic E-state index is 0.0473. The molecule has 2 N–H and O–H groups in total. The zero-order chi connectivity index (χ0) is 15.6. The molecule has 0 atom stereocenters. The smallest absolute Gasteiger partial charge is 0.278 e. The van der Waals surface area contributed by atoms with Crippen LogP contribution < -0.4 is 10.5 Å². The maximum absolute atomic E-state index is 10.7. The monoisotopic (exact) mass is 290 g/mol. The van der Waals surface area contributed by atoms with Crippen LogP contribution in [0.2, 0.25) is 0 Å². The first-order valence-corrected chi connectivity index (χ1v) is 5.71. The van der Waals surface area contributed by atoms with E-state index in [1.165, 1.54) is 18.2 Å². The second-order valence-electron chi connectivity index (χ2n) is 4.15. The van der Waals surface area contributed by atoms with Gasteiger partial charge in [-0.15, -0.1) is 0 Å². The lowest BCUT2D eigenvalue weighted by molar-refractivity contribution is -0.385. The summed E-state index contributed by atoms with van der Waals surface area (Å²) < 4.78 is 5.35. The van der Waals surface area contributed by atoms with Crippen LogP contribution in [0.25, 0.3) is 0 Å². The van der Waals surface area contributed by atoms with E-state index in [1.54, 1.807) is 6.92 Å². The van der Waals surface area contributed by atoms with E-state index < -0.39 is 9.85 Å². The Labute approximate surface area is 118 Å². The van der Waals surface area contributed by atoms with Gasteiger partial charge in [-0.25, -0.2) is 0 Å². The highest BCUT2D eigenvalue weighted by Gasteiger charge is 2.14. The lowest BCUT2D eigenvalue weighted by Gasteiger charge is -2.06. The summed E-state index contributed by atoms with van der Waals surface area (Å²) in [7, 11) is 0. The normalized spacial score (nSPS) is 10.1. The molecule has 21 heavy (non-hydrogen) atoms. The number of nitrogens with zero attached hydrogens (tertiary/aromatic N) is 3. The number of nitrogens with two attached hydrogens (primary N) is 1. The molecule has 9 nitrogen and oxygen atoms in total. The number of anilines is 1. The number of nitrogen functional groups attached to an aromatic ring is 1. The molecule has 0 aliphatic heterocycles. The molecular formula is C12H10N4O5. The average Bonchev–Trinajstić information content (AvgIpc) is 2.37. The number of ether oxygens (including phenoxy) is 1. The molecule has 2 aromatic rings. The second-order valence-corrected chi connectivity index (χ2v) is 4.15. The number of aryl methyl sites for hydroxylation is 1. The molecule has 2 rings (SSSR count). The van der Waals surface area contributed by atoms with Gasteiger partial charge in [0.2, 0.25) is 5.88 Å². The Kier molecular flexibility index (Phi) is 3.65. The Hall–Kier alpha value is -3.23. The van der Waals surface area contributed by atoms with Crippen LogP contribution in [0.15, 0.2) is 30.3 Å². The molecule has 0 radical (unpaired) electrons. The summed E-state index contributed by atoms with van der Waals surface area (Å²) in [6.07, 6.45) is 0. The maximum atomic E-state index is 10.7. The Bertz CT molecular complexity index is 732. The van der Waals surface area contributed by atoms with E-state index in [9.17, 15) is 20.2 Å². The zero-order valence-electron chi connectivity index (χ0n) is 10.8. The van der Waals surface area contributed by atoms with E-state index in [0.717, 1.165) is 12.1 Å². The van der Waals surface area contributed by atoms with Crippen LogP contribution in [-0.4, -0.2) is 14.8 Å². The Morgan fingerprint density at radius 3 is 2.43 bits per heavy atom. The van der Waals surface area contributed by atoms with Gasteiger partial charge in [0.25, 0.3) is 11.4 Å². The molecule has 0 amide bonds. The van der Waals surface area contributed by atoms with Crippen molar-refractivity contribution in [3.8, 4) is 11.6 Å². The molecule has 1 heterocycles. The van der Waals surface area contributed by atoms with Gasteiger partial charge in [-0.1, -0.05) is 0 Å². The van der Waals surface area contributed by atoms with Crippen LogP contribution in [0.5, 0.6) is 11.6 Å². The molecular weight excluding hydrogens is 280 g/mol. The maximum Gasteiger partial charge on any atom is 0.278 e. The minimum Gasteiger partial charge on any atom is -0.439 e. The van der Waals surface area contributed by atoms with E-state index >= 15 is 0 Å². The fraction of sp³-hybridized carbons (Fsp3) is 0.0833. The summed E-state index contributed by atoms with van der Waals surface area (Å²) in [6, 6.07) is 6.32. The number of nitro groups is 2. The number of hydrogen-bond donors (Lipinski definition) is 1. The van der Waals surface area contributed by atoms with Gasteiger partial charge >= 0.3 is 0 Å². The molecule has 0 unspecified atom stereocenters. The number of nitro benzene ring substituents is 1. The van der Waals surface area contributed by atoms with Gasteiger partial charge in [-0.3, -0.25) is 20.2 Å². The van der Waals surface area contributed by atoms with E-state index in [2.05, 4.69) is 4.98 Å². The first kappa shape index (κ1) is 14.2. The average molecular weight is 290 g/mol. The quantitative estimate of drug-likeness (QED) is 0.675. The van der Waals surface area contributed by atoms with Crippen molar-refractivity contribution in [2.24, 2.45) is 0 Å². The molecule has 0 saturated heterocycles. The highest BCUT2D eigenvalue weighted by atomic mass is 16.6. The Morgan fingerprint density at radius 1 is 1.14 bits per heavy atom. The van der Waals surface area contributed by atoms with E-state index in [-0.39, 0.29) is 28.8 Å². The summed E-state index contributed by atoms with van der Waals surface area (Å²) in [6.45, 7) is 1.56.